The Labute approximate surface area is 169 Å². The summed E-state index contributed by atoms with van der Waals surface area (Å²) in [5, 5.41) is 2.85. The molecule has 7 nitrogen and oxygen atoms in total. The van der Waals surface area contributed by atoms with Crippen LogP contribution in [0.25, 0.3) is 0 Å². The van der Waals surface area contributed by atoms with E-state index in [4.69, 9.17) is 9.47 Å². The number of carbonyl (C=O) groups is 1. The Morgan fingerprint density at radius 3 is 2.72 bits per heavy atom. The van der Waals surface area contributed by atoms with Crippen molar-refractivity contribution in [3.8, 4) is 11.5 Å². The Balaban J connectivity index is 1.60. The van der Waals surface area contributed by atoms with Crippen LogP contribution in [0.15, 0.2) is 54.9 Å². The number of hydrogen-bond donors (Lipinski definition) is 1. The number of anilines is 3. The van der Waals surface area contributed by atoms with Crippen molar-refractivity contribution < 1.29 is 14.3 Å². The number of para-hydroxylation sites is 1. The van der Waals surface area contributed by atoms with Gasteiger partial charge in [0.2, 0.25) is 0 Å². The highest BCUT2D eigenvalue weighted by Gasteiger charge is 2.28. The van der Waals surface area contributed by atoms with Gasteiger partial charge < -0.3 is 19.7 Å². The summed E-state index contributed by atoms with van der Waals surface area (Å²) in [6.45, 7) is 2.14. The fourth-order valence-corrected chi connectivity index (χ4v) is 3.61. The fourth-order valence-electron chi connectivity index (χ4n) is 3.61. The molecule has 1 aromatic heterocycles. The summed E-state index contributed by atoms with van der Waals surface area (Å²) in [7, 11) is 3.12. The molecule has 3 aromatic rings. The maximum atomic E-state index is 12.8. The van der Waals surface area contributed by atoms with Gasteiger partial charge in [0.1, 0.15) is 29.3 Å². The monoisotopic (exact) mass is 390 g/mol. The van der Waals surface area contributed by atoms with Gasteiger partial charge in [-0.05, 0) is 37.1 Å². The minimum absolute atomic E-state index is 0.250. The van der Waals surface area contributed by atoms with Crippen LogP contribution in [-0.2, 0) is 6.42 Å². The van der Waals surface area contributed by atoms with Gasteiger partial charge in [-0.1, -0.05) is 18.2 Å². The number of carbonyl (C=O) groups excluding carboxylic acids is 1. The number of benzene rings is 2. The molecule has 1 amide bonds. The Morgan fingerprint density at radius 1 is 1.10 bits per heavy atom. The Hall–Kier alpha value is -3.61. The zero-order valence-corrected chi connectivity index (χ0v) is 16.5. The Kier molecular flexibility index (Phi) is 5.03. The van der Waals surface area contributed by atoms with Crippen LogP contribution < -0.4 is 19.7 Å². The molecule has 1 aliphatic rings. The van der Waals surface area contributed by atoms with Gasteiger partial charge in [0.15, 0.2) is 0 Å². The van der Waals surface area contributed by atoms with Gasteiger partial charge in [0.05, 0.1) is 19.9 Å². The summed E-state index contributed by atoms with van der Waals surface area (Å²) in [5.41, 5.74) is 3.21. The summed E-state index contributed by atoms with van der Waals surface area (Å²) in [6.07, 6.45) is 2.36. The molecule has 0 bridgehead atoms. The number of nitrogens with one attached hydrogen (secondary N) is 1. The Bertz CT molecular complexity index is 1050. The number of fused-ring (bicyclic) bond motifs is 1. The van der Waals surface area contributed by atoms with Crippen LogP contribution in [0.2, 0.25) is 0 Å². The van der Waals surface area contributed by atoms with Crippen molar-refractivity contribution in [3.05, 3.63) is 66.1 Å². The van der Waals surface area contributed by atoms with Crippen molar-refractivity contribution >= 4 is 23.1 Å². The quantitative estimate of drug-likeness (QED) is 0.714. The molecule has 0 saturated carbocycles. The number of aromatic nitrogens is 2. The molecule has 1 N–H and O–H groups in total. The number of methoxy groups -OCH3 is 2. The van der Waals surface area contributed by atoms with Crippen LogP contribution >= 0.6 is 0 Å². The summed E-state index contributed by atoms with van der Waals surface area (Å²) in [5.74, 6) is 1.52. The maximum Gasteiger partial charge on any atom is 0.274 e. The van der Waals surface area contributed by atoms with Gasteiger partial charge in [-0.25, -0.2) is 9.97 Å². The van der Waals surface area contributed by atoms with E-state index in [2.05, 4.69) is 39.2 Å². The van der Waals surface area contributed by atoms with E-state index in [9.17, 15) is 4.79 Å². The van der Waals surface area contributed by atoms with E-state index in [1.54, 1.807) is 38.5 Å². The standard InChI is InChI=1S/C22H22N4O3/c1-14-10-15-6-4-5-7-19(15)26(14)21-12-18(23-13-24-21)22(27)25-17-9-8-16(28-2)11-20(17)29-3/h4-9,11-14H,10H2,1-3H3,(H,25,27). The molecule has 0 spiro atoms. The van der Waals surface area contributed by atoms with E-state index in [0.29, 0.717) is 23.0 Å². The van der Waals surface area contributed by atoms with Crippen LogP contribution in [0, 0.1) is 0 Å². The molecule has 7 heteroatoms. The second-order valence-electron chi connectivity index (χ2n) is 6.83. The molecular formula is C22H22N4O3. The van der Waals surface area contributed by atoms with E-state index >= 15 is 0 Å². The van der Waals surface area contributed by atoms with Crippen LogP contribution in [-0.4, -0.2) is 36.1 Å². The minimum atomic E-state index is -0.336. The van der Waals surface area contributed by atoms with Crippen molar-refractivity contribution in [3.63, 3.8) is 0 Å². The molecular weight excluding hydrogens is 368 g/mol. The molecule has 2 heterocycles. The van der Waals surface area contributed by atoms with Crippen LogP contribution in [0.3, 0.4) is 0 Å². The third-order valence-corrected chi connectivity index (χ3v) is 5.00. The molecule has 0 radical (unpaired) electrons. The smallest absolute Gasteiger partial charge is 0.274 e. The molecule has 0 aliphatic carbocycles. The van der Waals surface area contributed by atoms with E-state index in [0.717, 1.165) is 12.1 Å². The van der Waals surface area contributed by atoms with Crippen molar-refractivity contribution in [2.24, 2.45) is 0 Å². The predicted octanol–water partition coefficient (Wildman–Crippen LogP) is 3.83. The van der Waals surface area contributed by atoms with Gasteiger partial charge in [-0.15, -0.1) is 0 Å². The van der Waals surface area contributed by atoms with Gasteiger partial charge in [-0.3, -0.25) is 4.79 Å². The van der Waals surface area contributed by atoms with Crippen molar-refractivity contribution in [1.29, 1.82) is 0 Å². The van der Waals surface area contributed by atoms with Gasteiger partial charge in [0, 0.05) is 23.9 Å². The summed E-state index contributed by atoms with van der Waals surface area (Å²) >= 11 is 0. The third kappa shape index (κ3) is 3.59. The predicted molar refractivity (Wildman–Crippen MR) is 111 cm³/mol. The first-order valence-corrected chi connectivity index (χ1v) is 9.33. The first kappa shape index (κ1) is 18.7. The largest absolute Gasteiger partial charge is 0.497 e. The number of amides is 1. The second kappa shape index (κ2) is 7.79. The van der Waals surface area contributed by atoms with E-state index < -0.39 is 0 Å². The van der Waals surface area contributed by atoms with E-state index in [-0.39, 0.29) is 17.6 Å². The second-order valence-corrected chi connectivity index (χ2v) is 6.83. The highest BCUT2D eigenvalue weighted by Crippen LogP contribution is 2.37. The number of hydrogen-bond acceptors (Lipinski definition) is 6. The third-order valence-electron chi connectivity index (χ3n) is 5.00. The normalized spacial score (nSPS) is 15.0. The molecule has 1 unspecified atom stereocenters. The summed E-state index contributed by atoms with van der Waals surface area (Å²) < 4.78 is 10.5. The molecule has 1 atom stereocenters. The average Bonchev–Trinajstić information content (AvgIpc) is 3.09. The topological polar surface area (TPSA) is 76.6 Å². The first-order valence-electron chi connectivity index (χ1n) is 9.33. The van der Waals surface area contributed by atoms with E-state index in [1.165, 1.54) is 11.9 Å². The Morgan fingerprint density at radius 2 is 1.93 bits per heavy atom. The average molecular weight is 390 g/mol. The number of nitrogens with zero attached hydrogens (tertiary/aromatic N) is 3. The molecule has 2 aromatic carbocycles. The lowest BCUT2D eigenvalue weighted by molar-refractivity contribution is 0.102. The number of rotatable bonds is 5. The molecule has 29 heavy (non-hydrogen) atoms. The lowest BCUT2D eigenvalue weighted by Crippen LogP contribution is -2.25. The molecule has 0 saturated heterocycles. The molecule has 148 valence electrons. The van der Waals surface area contributed by atoms with Crippen LogP contribution in [0.4, 0.5) is 17.2 Å². The summed E-state index contributed by atoms with van der Waals surface area (Å²) in [6, 6.07) is 15.4. The zero-order valence-electron chi connectivity index (χ0n) is 16.5. The van der Waals surface area contributed by atoms with Gasteiger partial charge in [-0.2, -0.15) is 0 Å². The zero-order chi connectivity index (χ0) is 20.4. The van der Waals surface area contributed by atoms with Crippen LogP contribution in [0.5, 0.6) is 11.5 Å². The van der Waals surface area contributed by atoms with Crippen molar-refractivity contribution in [1.82, 2.24) is 9.97 Å². The van der Waals surface area contributed by atoms with Crippen molar-refractivity contribution in [2.45, 2.75) is 19.4 Å². The number of ether oxygens (including phenoxy) is 2. The maximum absolute atomic E-state index is 12.8. The van der Waals surface area contributed by atoms with Gasteiger partial charge in [0.25, 0.3) is 5.91 Å². The summed E-state index contributed by atoms with van der Waals surface area (Å²) in [4.78, 5) is 23.5. The lowest BCUT2D eigenvalue weighted by atomic mass is 10.1. The fraction of sp³-hybridized carbons (Fsp3) is 0.227. The first-order chi connectivity index (χ1) is 14.1. The minimum Gasteiger partial charge on any atom is -0.497 e. The van der Waals surface area contributed by atoms with Crippen molar-refractivity contribution in [2.75, 3.05) is 24.4 Å². The lowest BCUT2D eigenvalue weighted by Gasteiger charge is -2.23. The van der Waals surface area contributed by atoms with E-state index in [1.807, 2.05) is 12.1 Å². The highest BCUT2D eigenvalue weighted by molar-refractivity contribution is 6.04. The molecule has 4 rings (SSSR count). The molecule has 1 aliphatic heterocycles. The molecule has 0 fully saturated rings. The highest BCUT2D eigenvalue weighted by atomic mass is 16.5. The van der Waals surface area contributed by atoms with Crippen LogP contribution in [0.1, 0.15) is 23.0 Å². The SMILES string of the molecule is COc1ccc(NC(=O)c2cc(N3c4ccccc4CC3C)ncn2)c(OC)c1. The van der Waals surface area contributed by atoms with Gasteiger partial charge >= 0.3 is 0 Å².